The summed E-state index contributed by atoms with van der Waals surface area (Å²) in [4.78, 5) is 4.19. The van der Waals surface area contributed by atoms with Crippen LogP contribution >= 0.6 is 11.6 Å². The van der Waals surface area contributed by atoms with Crippen LogP contribution in [0.5, 0.6) is 17.2 Å². The smallest absolute Gasteiger partial charge is 0.454 e. The lowest BCUT2D eigenvalue weighted by atomic mass is 10.0. The van der Waals surface area contributed by atoms with E-state index < -0.39 is 22.1 Å². The van der Waals surface area contributed by atoms with E-state index in [1.165, 1.54) is 6.07 Å². The Kier molecular flexibility index (Phi) is 5.51. The maximum Gasteiger partial charge on any atom is 0.573 e. The third-order valence-electron chi connectivity index (χ3n) is 4.30. The molecule has 0 fully saturated rings. The molecule has 166 valence electrons. The standard InChI is InChI=1S/C21H14ClF3N2O4S/c1-32(28,29)27-14-4-2-3-12(9-14)13-5-7-18-16(10-13)20(22)26-17-11-15(31-21(23,24)25)6-8-19(17)30-18/h2-11,27H,1H3. The molecule has 3 aromatic rings. The number of benzene rings is 3. The van der Waals surface area contributed by atoms with Crippen molar-refractivity contribution in [3.63, 3.8) is 0 Å². The molecule has 3 aromatic carbocycles. The van der Waals surface area contributed by atoms with Gasteiger partial charge >= 0.3 is 6.36 Å². The number of nitrogens with zero attached hydrogens (tertiary/aromatic N) is 1. The van der Waals surface area contributed by atoms with Crippen molar-refractivity contribution in [2.75, 3.05) is 11.0 Å². The fourth-order valence-electron chi connectivity index (χ4n) is 3.09. The van der Waals surface area contributed by atoms with Crippen LogP contribution in [0.1, 0.15) is 5.56 Å². The fraction of sp³-hybridized carbons (Fsp3) is 0.0952. The van der Waals surface area contributed by atoms with E-state index in [-0.39, 0.29) is 16.6 Å². The van der Waals surface area contributed by atoms with E-state index in [9.17, 15) is 21.6 Å². The molecule has 0 atom stereocenters. The van der Waals surface area contributed by atoms with Gasteiger partial charge in [-0.15, -0.1) is 13.2 Å². The summed E-state index contributed by atoms with van der Waals surface area (Å²) < 4.78 is 72.7. The molecule has 0 amide bonds. The molecule has 4 rings (SSSR count). The van der Waals surface area contributed by atoms with Crippen molar-refractivity contribution in [3.8, 4) is 28.4 Å². The van der Waals surface area contributed by atoms with Crippen molar-refractivity contribution in [2.45, 2.75) is 6.36 Å². The average Bonchev–Trinajstić information content (AvgIpc) is 2.81. The van der Waals surface area contributed by atoms with E-state index in [4.69, 9.17) is 16.3 Å². The van der Waals surface area contributed by atoms with Gasteiger partial charge in [0.05, 0.1) is 11.8 Å². The van der Waals surface area contributed by atoms with Crippen LogP contribution in [0.4, 0.5) is 24.5 Å². The molecule has 0 bridgehead atoms. The normalized spacial score (nSPS) is 13.2. The summed E-state index contributed by atoms with van der Waals surface area (Å²) in [6, 6.07) is 15.3. The van der Waals surface area contributed by atoms with Crippen molar-refractivity contribution in [1.82, 2.24) is 0 Å². The summed E-state index contributed by atoms with van der Waals surface area (Å²) in [7, 11) is -3.44. The summed E-state index contributed by atoms with van der Waals surface area (Å²) in [5.74, 6) is 0.120. The van der Waals surface area contributed by atoms with Crippen LogP contribution in [0.2, 0.25) is 0 Å². The first-order chi connectivity index (χ1) is 15.0. The molecule has 0 radical (unpaired) electrons. The Morgan fingerprint density at radius 1 is 1.00 bits per heavy atom. The van der Waals surface area contributed by atoms with Crippen LogP contribution in [-0.2, 0) is 10.0 Å². The number of ether oxygens (including phenoxy) is 2. The number of fused-ring (bicyclic) bond motifs is 2. The second-order valence-electron chi connectivity index (χ2n) is 6.85. The van der Waals surface area contributed by atoms with Crippen LogP contribution in [0.15, 0.2) is 65.7 Å². The first kappa shape index (κ1) is 22.0. The third kappa shape index (κ3) is 5.14. The summed E-state index contributed by atoms with van der Waals surface area (Å²) in [6.07, 6.45) is -3.79. The molecule has 0 spiro atoms. The van der Waals surface area contributed by atoms with E-state index >= 15 is 0 Å². The molecule has 1 aliphatic rings. The quantitative estimate of drug-likeness (QED) is 0.491. The highest BCUT2D eigenvalue weighted by Crippen LogP contribution is 2.42. The number of nitrogens with one attached hydrogen (secondary N) is 1. The van der Waals surface area contributed by atoms with E-state index in [0.29, 0.717) is 28.1 Å². The van der Waals surface area contributed by atoms with Crippen molar-refractivity contribution >= 4 is 38.2 Å². The molecule has 6 nitrogen and oxygen atoms in total. The Balaban J connectivity index is 1.70. The van der Waals surface area contributed by atoms with Crippen molar-refractivity contribution < 1.29 is 31.1 Å². The Labute approximate surface area is 186 Å². The highest BCUT2D eigenvalue weighted by molar-refractivity contribution is 7.92. The van der Waals surface area contributed by atoms with Crippen LogP contribution in [0, 0.1) is 0 Å². The first-order valence-electron chi connectivity index (χ1n) is 9.01. The number of aliphatic imine (C=N–C) groups is 1. The summed E-state index contributed by atoms with van der Waals surface area (Å²) in [5.41, 5.74) is 2.29. The molecule has 0 saturated heterocycles. The number of halogens is 4. The second kappa shape index (κ2) is 8.03. The molecule has 0 unspecified atom stereocenters. The number of hydrogen-bond donors (Lipinski definition) is 1. The van der Waals surface area contributed by atoms with Gasteiger partial charge in [-0.1, -0.05) is 29.8 Å². The Morgan fingerprint density at radius 2 is 1.72 bits per heavy atom. The SMILES string of the molecule is CS(=O)(=O)Nc1cccc(-c2ccc3c(c2)C(Cl)=Nc2cc(OC(F)(F)F)ccc2O3)c1. The summed E-state index contributed by atoms with van der Waals surface area (Å²) >= 11 is 6.36. The number of anilines is 1. The molecule has 1 heterocycles. The van der Waals surface area contributed by atoms with Gasteiger partial charge in [0.1, 0.15) is 22.4 Å². The topological polar surface area (TPSA) is 77.0 Å². The van der Waals surface area contributed by atoms with Crippen LogP contribution in [-0.4, -0.2) is 26.2 Å². The highest BCUT2D eigenvalue weighted by Gasteiger charge is 2.31. The maximum absolute atomic E-state index is 12.5. The van der Waals surface area contributed by atoms with Crippen LogP contribution < -0.4 is 14.2 Å². The zero-order valence-corrected chi connectivity index (χ0v) is 17.8. The van der Waals surface area contributed by atoms with E-state index in [1.807, 2.05) is 0 Å². The van der Waals surface area contributed by atoms with Gasteiger partial charge in [-0.25, -0.2) is 13.4 Å². The number of rotatable bonds is 4. The number of sulfonamides is 1. The van der Waals surface area contributed by atoms with E-state index in [0.717, 1.165) is 18.4 Å². The van der Waals surface area contributed by atoms with E-state index in [1.54, 1.807) is 42.5 Å². The number of hydrogen-bond acceptors (Lipinski definition) is 5. The first-order valence-corrected chi connectivity index (χ1v) is 11.3. The van der Waals surface area contributed by atoms with Crippen LogP contribution in [0.3, 0.4) is 0 Å². The fourth-order valence-corrected chi connectivity index (χ4v) is 3.88. The average molecular weight is 483 g/mol. The third-order valence-corrected chi connectivity index (χ3v) is 5.20. The lowest BCUT2D eigenvalue weighted by Crippen LogP contribution is -2.16. The van der Waals surface area contributed by atoms with Crippen molar-refractivity contribution in [1.29, 1.82) is 0 Å². The van der Waals surface area contributed by atoms with Gasteiger partial charge in [-0.3, -0.25) is 4.72 Å². The van der Waals surface area contributed by atoms with Gasteiger partial charge in [0.2, 0.25) is 10.0 Å². The molecule has 1 aliphatic heterocycles. The summed E-state index contributed by atoms with van der Waals surface area (Å²) in [5, 5.41) is 0.00942. The minimum Gasteiger partial charge on any atom is -0.454 e. The lowest BCUT2D eigenvalue weighted by Gasteiger charge is -2.12. The zero-order valence-electron chi connectivity index (χ0n) is 16.3. The van der Waals surface area contributed by atoms with Gasteiger partial charge in [-0.2, -0.15) is 0 Å². The molecular weight excluding hydrogens is 469 g/mol. The minimum atomic E-state index is -4.84. The monoisotopic (exact) mass is 482 g/mol. The van der Waals surface area contributed by atoms with Gasteiger partial charge < -0.3 is 9.47 Å². The molecule has 32 heavy (non-hydrogen) atoms. The maximum atomic E-state index is 12.5. The predicted octanol–water partition coefficient (Wildman–Crippen LogP) is 6.05. The Bertz CT molecular complexity index is 1340. The van der Waals surface area contributed by atoms with E-state index in [2.05, 4.69) is 14.5 Å². The molecule has 1 N–H and O–H groups in total. The largest absolute Gasteiger partial charge is 0.573 e. The predicted molar refractivity (Wildman–Crippen MR) is 116 cm³/mol. The van der Waals surface area contributed by atoms with Gasteiger partial charge in [-0.05, 0) is 47.5 Å². The molecule has 0 saturated carbocycles. The lowest BCUT2D eigenvalue weighted by molar-refractivity contribution is -0.274. The highest BCUT2D eigenvalue weighted by atomic mass is 35.5. The molecule has 11 heteroatoms. The molecule has 0 aromatic heterocycles. The number of alkyl halides is 3. The van der Waals surface area contributed by atoms with Crippen molar-refractivity contribution in [3.05, 3.63) is 66.2 Å². The van der Waals surface area contributed by atoms with Crippen molar-refractivity contribution in [2.24, 2.45) is 4.99 Å². The molecular formula is C21H14ClF3N2O4S. The zero-order chi connectivity index (χ0) is 23.1. The van der Waals surface area contributed by atoms with Gasteiger partial charge in [0.15, 0.2) is 5.75 Å². The van der Waals surface area contributed by atoms with Gasteiger partial charge in [0, 0.05) is 11.8 Å². The Hall–Kier alpha value is -3.24. The second-order valence-corrected chi connectivity index (χ2v) is 8.95. The molecule has 0 aliphatic carbocycles. The van der Waals surface area contributed by atoms with Gasteiger partial charge in [0.25, 0.3) is 0 Å². The Morgan fingerprint density at radius 3 is 2.44 bits per heavy atom. The van der Waals surface area contributed by atoms with Crippen LogP contribution in [0.25, 0.3) is 11.1 Å². The summed E-state index contributed by atoms with van der Waals surface area (Å²) in [6.45, 7) is 0. The minimum absolute atomic E-state index is 0.00942.